The largest absolute Gasteiger partial charge is 0.338 e. The van der Waals surface area contributed by atoms with Gasteiger partial charge < -0.3 is 9.80 Å². The molecule has 1 N–H and O–H groups in total. The summed E-state index contributed by atoms with van der Waals surface area (Å²) < 4.78 is 1.26. The smallest absolute Gasteiger partial charge is 0.277 e. The first-order chi connectivity index (χ1) is 11.8. The van der Waals surface area contributed by atoms with Gasteiger partial charge in [0.15, 0.2) is 11.6 Å². The van der Waals surface area contributed by atoms with Crippen molar-refractivity contribution in [2.45, 2.75) is 44.6 Å². The second-order valence-corrected chi connectivity index (χ2v) is 8.16. The van der Waals surface area contributed by atoms with E-state index in [0.29, 0.717) is 18.5 Å². The fourth-order valence-electron chi connectivity index (χ4n) is 4.09. The molecule has 2 saturated heterocycles. The third-order valence-corrected chi connectivity index (χ3v) is 6.58. The van der Waals surface area contributed by atoms with E-state index in [-0.39, 0.29) is 0 Å². The van der Waals surface area contributed by atoms with Gasteiger partial charge in [-0.3, -0.25) is 4.79 Å². The third kappa shape index (κ3) is 3.33. The molecule has 2 atom stereocenters. The Balaban J connectivity index is 1.47. The minimum atomic E-state index is 0.347. The molecule has 1 unspecified atom stereocenters. The molecule has 0 bridgehead atoms. The lowest BCUT2D eigenvalue weighted by Crippen LogP contribution is -3.11. The van der Waals surface area contributed by atoms with Gasteiger partial charge in [-0.2, -0.15) is 0 Å². The molecule has 0 aliphatic carbocycles. The van der Waals surface area contributed by atoms with E-state index in [0.717, 1.165) is 31.6 Å². The monoisotopic (exact) mass is 344 g/mol. The van der Waals surface area contributed by atoms with Crippen LogP contribution in [0, 0.1) is 0 Å². The second-order valence-electron chi connectivity index (χ2n) is 7.09. The van der Waals surface area contributed by atoms with Crippen molar-refractivity contribution in [3.8, 4) is 0 Å². The molecule has 2 aliphatic heterocycles. The topological polar surface area (TPSA) is 37.6 Å². The number of rotatable bonds is 3. The summed E-state index contributed by atoms with van der Waals surface area (Å²) in [6.07, 6.45) is 7.24. The highest BCUT2D eigenvalue weighted by molar-refractivity contribution is 7.18. The van der Waals surface area contributed by atoms with Gasteiger partial charge in [0, 0.05) is 25.9 Å². The average Bonchev–Trinajstić information content (AvgIpc) is 3.12. The molecule has 0 radical (unpaired) electrons. The van der Waals surface area contributed by atoms with E-state index in [9.17, 15) is 4.79 Å². The van der Waals surface area contributed by atoms with Gasteiger partial charge in [0.25, 0.3) is 5.91 Å². The van der Waals surface area contributed by atoms with E-state index in [1.54, 1.807) is 0 Å². The Labute approximate surface area is 147 Å². The number of quaternary nitrogens is 1. The standard InChI is InChI=1S/C19H25N3OS/c23-18(21-11-5-1-2-6-12-21)14-22-13-7-9-16(22)19-20-15-8-3-4-10-17(15)24-19/h3-4,8,10,16H,1-2,5-7,9,11-14H2/p+1/t16-/m1/s1. The van der Waals surface area contributed by atoms with Crippen LogP contribution < -0.4 is 4.90 Å². The van der Waals surface area contributed by atoms with Crippen LogP contribution in [0.4, 0.5) is 0 Å². The van der Waals surface area contributed by atoms with E-state index < -0.39 is 0 Å². The van der Waals surface area contributed by atoms with E-state index in [4.69, 9.17) is 4.98 Å². The van der Waals surface area contributed by atoms with Crippen LogP contribution in [-0.4, -0.2) is 42.0 Å². The molecule has 1 aromatic carbocycles. The number of nitrogens with one attached hydrogen (secondary N) is 1. The summed E-state index contributed by atoms with van der Waals surface area (Å²) in [7, 11) is 0. The molecule has 1 amide bonds. The average molecular weight is 345 g/mol. The molecule has 4 rings (SSSR count). The number of likely N-dealkylation sites (tertiary alicyclic amines) is 2. The van der Waals surface area contributed by atoms with Crippen LogP contribution in [0.3, 0.4) is 0 Å². The molecule has 2 fully saturated rings. The van der Waals surface area contributed by atoms with Gasteiger partial charge in [0.05, 0.1) is 16.8 Å². The number of fused-ring (bicyclic) bond motifs is 1. The Kier molecular flexibility index (Phi) is 4.81. The number of nitrogens with zero attached hydrogens (tertiary/aromatic N) is 2. The maximum Gasteiger partial charge on any atom is 0.277 e. The quantitative estimate of drug-likeness (QED) is 0.928. The fraction of sp³-hybridized carbons (Fsp3) is 0.579. The Bertz CT molecular complexity index is 672. The Morgan fingerprint density at radius 1 is 1.17 bits per heavy atom. The van der Waals surface area contributed by atoms with Crippen LogP contribution in [0.5, 0.6) is 0 Å². The third-order valence-electron chi connectivity index (χ3n) is 5.43. The summed E-state index contributed by atoms with van der Waals surface area (Å²) in [4.78, 5) is 21.1. The summed E-state index contributed by atoms with van der Waals surface area (Å²) in [5, 5.41) is 1.22. The first kappa shape index (κ1) is 16.0. The van der Waals surface area contributed by atoms with E-state index in [1.807, 2.05) is 17.4 Å². The van der Waals surface area contributed by atoms with E-state index in [2.05, 4.69) is 23.1 Å². The molecule has 2 aliphatic rings. The predicted octanol–water partition coefficient (Wildman–Crippen LogP) is 2.42. The number of thiazole rings is 1. The predicted molar refractivity (Wildman–Crippen MR) is 97.3 cm³/mol. The summed E-state index contributed by atoms with van der Waals surface area (Å²) >= 11 is 1.81. The summed E-state index contributed by atoms with van der Waals surface area (Å²) in [6, 6.07) is 8.76. The van der Waals surface area contributed by atoms with Crippen LogP contribution in [0.25, 0.3) is 10.2 Å². The molecular formula is C19H26N3OS+. The fourth-order valence-corrected chi connectivity index (χ4v) is 5.25. The SMILES string of the molecule is O=C(C[NH+]1CCC[C@@H]1c1nc2ccccc2s1)N1CCCCCC1. The van der Waals surface area contributed by atoms with Crippen LogP contribution in [0.1, 0.15) is 49.6 Å². The summed E-state index contributed by atoms with van der Waals surface area (Å²) in [5.74, 6) is 0.347. The van der Waals surface area contributed by atoms with Gasteiger partial charge in [-0.1, -0.05) is 25.0 Å². The zero-order chi connectivity index (χ0) is 16.4. The number of hydrogen-bond donors (Lipinski definition) is 1. The minimum absolute atomic E-state index is 0.347. The first-order valence-corrected chi connectivity index (χ1v) is 10.1. The maximum atomic E-state index is 12.7. The Morgan fingerprint density at radius 3 is 2.75 bits per heavy atom. The van der Waals surface area contributed by atoms with Gasteiger partial charge in [0.1, 0.15) is 6.04 Å². The molecule has 1 aromatic heterocycles. The lowest BCUT2D eigenvalue weighted by molar-refractivity contribution is -0.910. The number of aromatic nitrogens is 1. The lowest BCUT2D eigenvalue weighted by Gasteiger charge is -2.24. The zero-order valence-corrected chi connectivity index (χ0v) is 15.0. The highest BCUT2D eigenvalue weighted by atomic mass is 32.1. The molecule has 128 valence electrons. The van der Waals surface area contributed by atoms with Gasteiger partial charge in [-0.25, -0.2) is 4.98 Å². The maximum absolute atomic E-state index is 12.7. The van der Waals surface area contributed by atoms with E-state index >= 15 is 0 Å². The van der Waals surface area contributed by atoms with Gasteiger partial charge in [-0.05, 0) is 25.0 Å². The van der Waals surface area contributed by atoms with E-state index in [1.165, 1.54) is 46.7 Å². The second kappa shape index (κ2) is 7.19. The first-order valence-electron chi connectivity index (χ1n) is 9.29. The van der Waals surface area contributed by atoms with Crippen molar-refractivity contribution in [2.24, 2.45) is 0 Å². The van der Waals surface area contributed by atoms with Crippen molar-refractivity contribution in [3.05, 3.63) is 29.3 Å². The molecule has 24 heavy (non-hydrogen) atoms. The number of hydrogen-bond acceptors (Lipinski definition) is 3. The summed E-state index contributed by atoms with van der Waals surface area (Å²) in [5.41, 5.74) is 1.10. The molecule has 5 heteroatoms. The number of benzene rings is 1. The molecule has 0 spiro atoms. The van der Waals surface area contributed by atoms with Crippen molar-refractivity contribution < 1.29 is 9.69 Å². The number of carbonyl (C=O) groups is 1. The highest BCUT2D eigenvalue weighted by Gasteiger charge is 2.35. The number of carbonyl (C=O) groups excluding carboxylic acids is 1. The van der Waals surface area contributed by atoms with Crippen LogP contribution >= 0.6 is 11.3 Å². The van der Waals surface area contributed by atoms with Crippen molar-refractivity contribution in [1.82, 2.24) is 9.88 Å². The minimum Gasteiger partial charge on any atom is -0.338 e. The van der Waals surface area contributed by atoms with Gasteiger partial charge >= 0.3 is 0 Å². The van der Waals surface area contributed by atoms with Crippen LogP contribution in [0.2, 0.25) is 0 Å². The van der Waals surface area contributed by atoms with Gasteiger partial charge in [0.2, 0.25) is 0 Å². The molecular weight excluding hydrogens is 318 g/mol. The molecule has 4 nitrogen and oxygen atoms in total. The number of para-hydroxylation sites is 1. The van der Waals surface area contributed by atoms with Crippen molar-refractivity contribution >= 4 is 27.5 Å². The highest BCUT2D eigenvalue weighted by Crippen LogP contribution is 2.28. The van der Waals surface area contributed by atoms with Gasteiger partial charge in [-0.15, -0.1) is 11.3 Å². The zero-order valence-electron chi connectivity index (χ0n) is 14.2. The summed E-state index contributed by atoms with van der Waals surface area (Å²) in [6.45, 7) is 3.65. The van der Waals surface area contributed by atoms with Crippen LogP contribution in [-0.2, 0) is 4.79 Å². The van der Waals surface area contributed by atoms with Crippen molar-refractivity contribution in [2.75, 3.05) is 26.2 Å². The Morgan fingerprint density at radius 2 is 1.96 bits per heavy atom. The molecule has 2 aromatic rings. The Hall–Kier alpha value is -1.46. The van der Waals surface area contributed by atoms with Crippen LogP contribution in [0.15, 0.2) is 24.3 Å². The van der Waals surface area contributed by atoms with Crippen molar-refractivity contribution in [3.63, 3.8) is 0 Å². The number of amides is 1. The molecule has 0 saturated carbocycles. The molecule has 3 heterocycles. The lowest BCUT2D eigenvalue weighted by atomic mass is 10.2. The normalized spacial score (nSPS) is 25.1. The van der Waals surface area contributed by atoms with Crippen molar-refractivity contribution in [1.29, 1.82) is 0 Å².